The minimum Gasteiger partial charge on any atom is -1.00 e. The third kappa shape index (κ3) is 5.55. The van der Waals surface area contributed by atoms with E-state index < -0.39 is 8.80 Å². The van der Waals surface area contributed by atoms with Crippen molar-refractivity contribution in [3.05, 3.63) is 111 Å². The molecule has 5 heteroatoms. The maximum absolute atomic E-state index is 2.33. The van der Waals surface area contributed by atoms with E-state index in [0.29, 0.717) is 0 Å². The number of benzene rings is 3. The molecule has 29 heavy (non-hydrogen) atoms. The normalized spacial score (nSPS) is 13.0. The Morgan fingerprint density at radius 2 is 1.07 bits per heavy atom. The Balaban J connectivity index is 0.00000140. The summed E-state index contributed by atoms with van der Waals surface area (Å²) < 4.78 is 1.50. The first kappa shape index (κ1) is 26.0. The molecule has 4 rings (SSSR count). The molecule has 0 N–H and O–H groups in total. The monoisotopic (exact) mass is 490 g/mol. The molecule has 1 aliphatic carbocycles. The van der Waals surface area contributed by atoms with Gasteiger partial charge in [-0.3, -0.25) is 0 Å². The van der Waals surface area contributed by atoms with E-state index in [9.17, 15) is 0 Å². The van der Waals surface area contributed by atoms with Crippen LogP contribution in [0.25, 0.3) is 5.57 Å². The SMILES string of the molecule is CC1=C(c2ccccc2)[C]([Ti+3])=C([SiH](c2ccccc2)c2ccccc2)C1.[Cl-].[Cl-].[Cl-]. The number of halogens is 3. The first-order valence-corrected chi connectivity index (χ1v) is 11.6. The summed E-state index contributed by atoms with van der Waals surface area (Å²) in [7, 11) is -1.42. The summed E-state index contributed by atoms with van der Waals surface area (Å²) in [5.74, 6) is 0. The van der Waals surface area contributed by atoms with Crippen LogP contribution in [-0.2, 0) is 20.4 Å². The molecule has 0 heterocycles. The van der Waals surface area contributed by atoms with Crippen LogP contribution in [0.5, 0.6) is 0 Å². The molecule has 0 aromatic heterocycles. The topological polar surface area (TPSA) is 0 Å². The van der Waals surface area contributed by atoms with Gasteiger partial charge < -0.3 is 37.2 Å². The van der Waals surface area contributed by atoms with Gasteiger partial charge in [0.25, 0.3) is 0 Å². The molecule has 0 amide bonds. The van der Waals surface area contributed by atoms with Gasteiger partial charge in [-0.1, -0.05) is 0 Å². The van der Waals surface area contributed by atoms with Crippen LogP contribution in [0, 0.1) is 0 Å². The van der Waals surface area contributed by atoms with Gasteiger partial charge in [0, 0.05) is 0 Å². The number of rotatable bonds is 4. The predicted octanol–water partition coefficient (Wildman–Crippen LogP) is -4.74. The summed E-state index contributed by atoms with van der Waals surface area (Å²) in [5.41, 5.74) is 4.32. The van der Waals surface area contributed by atoms with Gasteiger partial charge in [-0.2, -0.15) is 0 Å². The number of hydrogen-bond donors (Lipinski definition) is 0. The Labute approximate surface area is 205 Å². The van der Waals surface area contributed by atoms with Gasteiger partial charge >= 0.3 is 170 Å². The van der Waals surface area contributed by atoms with Crippen molar-refractivity contribution in [1.82, 2.24) is 0 Å². The summed E-state index contributed by atoms with van der Waals surface area (Å²) in [4.78, 5) is 0. The molecule has 0 aliphatic heterocycles. The van der Waals surface area contributed by atoms with Gasteiger partial charge in [-0.25, -0.2) is 0 Å². The Morgan fingerprint density at radius 3 is 1.52 bits per heavy atom. The molecule has 3 aromatic rings. The van der Waals surface area contributed by atoms with Crippen LogP contribution < -0.4 is 47.6 Å². The fourth-order valence-electron chi connectivity index (χ4n) is 3.96. The molecule has 0 spiro atoms. The fraction of sp³-hybridized carbons (Fsp3) is 0.0833. The Kier molecular flexibility index (Phi) is 10.7. The molecule has 146 valence electrons. The van der Waals surface area contributed by atoms with Crippen molar-refractivity contribution in [3.8, 4) is 0 Å². The van der Waals surface area contributed by atoms with Crippen LogP contribution in [0.15, 0.2) is 106 Å². The standard InChI is InChI=1S/C24H21Si.3ClH.Ti/c1-19-17-23(18-24(19)20-11-5-2-6-12-20)25(21-13-7-3-8-14-21)22-15-9-4-10-16-22;;;;/h2-16,25H,17H2,1H3;3*1H;/q;;;;+3/p-3. The molecular weight excluding hydrogens is 471 g/mol. The maximum atomic E-state index is 2.33. The van der Waals surface area contributed by atoms with E-state index in [1.54, 1.807) is 5.20 Å². The summed E-state index contributed by atoms with van der Waals surface area (Å²) in [5, 5.41) is 4.68. The molecule has 0 radical (unpaired) electrons. The molecule has 0 nitrogen and oxygen atoms in total. The second-order valence-electron chi connectivity index (χ2n) is 6.85. The summed E-state index contributed by atoms with van der Waals surface area (Å²) in [6.45, 7) is 2.31. The summed E-state index contributed by atoms with van der Waals surface area (Å²) in [6.07, 6.45) is 1.11. The molecular formula is C24H21Cl3SiTi. The zero-order chi connectivity index (χ0) is 17.9. The van der Waals surface area contributed by atoms with Crippen molar-refractivity contribution in [2.75, 3.05) is 0 Å². The average Bonchev–Trinajstić information content (AvgIpc) is 2.98. The van der Waals surface area contributed by atoms with E-state index in [4.69, 9.17) is 0 Å². The minimum absolute atomic E-state index is 0. The minimum atomic E-state index is -1.42. The zero-order valence-corrected chi connectivity index (χ0v) is 21.1. The molecule has 0 saturated heterocycles. The first-order valence-electron chi connectivity index (χ1n) is 9.06. The Morgan fingerprint density at radius 1 is 0.655 bits per heavy atom. The van der Waals surface area contributed by atoms with Crippen LogP contribution in [0.2, 0.25) is 0 Å². The number of allylic oxidation sites excluding steroid dienone is 4. The third-order valence-electron chi connectivity index (χ3n) is 5.13. The van der Waals surface area contributed by atoms with Crippen LogP contribution in [0.4, 0.5) is 0 Å². The smallest absolute Gasteiger partial charge is 1.00 e. The third-order valence-corrected chi connectivity index (χ3v) is 9.77. The Bertz CT molecular complexity index is 931. The quantitative estimate of drug-likeness (QED) is 0.322. The van der Waals surface area contributed by atoms with Crippen molar-refractivity contribution >= 4 is 24.7 Å². The number of hydrogen-bond acceptors (Lipinski definition) is 0. The van der Waals surface area contributed by atoms with E-state index in [0.717, 1.165) is 6.42 Å². The predicted molar refractivity (Wildman–Crippen MR) is 110 cm³/mol. The molecule has 0 unspecified atom stereocenters. The molecule has 3 aromatic carbocycles. The van der Waals surface area contributed by atoms with Gasteiger partial charge in [0.05, 0.1) is 0 Å². The summed E-state index contributed by atoms with van der Waals surface area (Å²) in [6, 6.07) is 33.1. The van der Waals surface area contributed by atoms with E-state index in [-0.39, 0.29) is 37.2 Å². The molecule has 1 aliphatic rings. The fourth-order valence-corrected chi connectivity index (χ4v) is 8.68. The van der Waals surface area contributed by atoms with Gasteiger partial charge in [0.2, 0.25) is 0 Å². The van der Waals surface area contributed by atoms with Crippen molar-refractivity contribution in [2.45, 2.75) is 13.3 Å². The first-order chi connectivity index (χ1) is 12.8. The summed E-state index contributed by atoms with van der Waals surface area (Å²) >= 11 is 2.33. The maximum Gasteiger partial charge on any atom is -1.00 e. The van der Waals surface area contributed by atoms with E-state index in [1.807, 2.05) is 0 Å². The van der Waals surface area contributed by atoms with Gasteiger partial charge in [0.15, 0.2) is 0 Å². The average molecular weight is 492 g/mol. The largest absolute Gasteiger partial charge is 1.00 e. The van der Waals surface area contributed by atoms with Crippen LogP contribution in [0.1, 0.15) is 18.9 Å². The second-order valence-corrected chi connectivity index (χ2v) is 10.5. The molecule has 0 atom stereocenters. The van der Waals surface area contributed by atoms with E-state index >= 15 is 0 Å². The molecule has 0 bridgehead atoms. The van der Waals surface area contributed by atoms with Crippen LogP contribution >= 0.6 is 0 Å². The van der Waals surface area contributed by atoms with Crippen molar-refractivity contribution in [2.24, 2.45) is 0 Å². The molecule has 0 fully saturated rings. The molecule has 0 saturated carbocycles. The van der Waals surface area contributed by atoms with Crippen LogP contribution in [0.3, 0.4) is 0 Å². The van der Waals surface area contributed by atoms with E-state index in [1.165, 1.54) is 31.0 Å². The van der Waals surface area contributed by atoms with Crippen LogP contribution in [-0.4, -0.2) is 8.80 Å². The second kappa shape index (κ2) is 12.0. The van der Waals surface area contributed by atoms with Gasteiger partial charge in [-0.15, -0.1) is 0 Å². The van der Waals surface area contributed by atoms with Gasteiger partial charge in [-0.05, 0) is 0 Å². The Hall–Kier alpha value is -1.06. The van der Waals surface area contributed by atoms with E-state index in [2.05, 4.69) is 118 Å². The van der Waals surface area contributed by atoms with Crippen molar-refractivity contribution in [3.63, 3.8) is 0 Å². The van der Waals surface area contributed by atoms with Gasteiger partial charge in [0.1, 0.15) is 0 Å². The van der Waals surface area contributed by atoms with Crippen molar-refractivity contribution < 1.29 is 57.7 Å². The van der Waals surface area contributed by atoms with Crippen molar-refractivity contribution in [1.29, 1.82) is 0 Å². The zero-order valence-electron chi connectivity index (χ0n) is 16.1.